The fraction of sp³-hybridized carbons (Fsp3) is 0.607. The highest BCUT2D eigenvalue weighted by Gasteiger charge is 2.50. The molecule has 0 spiro atoms. The van der Waals surface area contributed by atoms with Crippen LogP contribution >= 0.6 is 0 Å². The summed E-state index contributed by atoms with van der Waals surface area (Å²) in [7, 11) is -0.141. The topological polar surface area (TPSA) is 345 Å². The average molecular weight is 1240 g/mol. The molecule has 482 valence electrons. The van der Waals surface area contributed by atoms with Crippen LogP contribution in [-0.2, 0) is 73.3 Å². The first-order chi connectivity index (χ1) is 40.6. The lowest BCUT2D eigenvalue weighted by Gasteiger charge is -2.34. The molecule has 0 aliphatic carbocycles. The van der Waals surface area contributed by atoms with Crippen LogP contribution in [0.15, 0.2) is 66.7 Å². The van der Waals surface area contributed by atoms with Crippen LogP contribution in [0.5, 0.6) is 5.75 Å². The zero-order valence-corrected chi connectivity index (χ0v) is 53.7. The largest absolute Gasteiger partial charge is 0.487 e. The summed E-state index contributed by atoms with van der Waals surface area (Å²) in [5.74, 6) is -10.9. The third kappa shape index (κ3) is 22.4. The number of cyclic esters (lactones) is 1. The van der Waals surface area contributed by atoms with E-state index in [1.54, 1.807) is 104 Å². The van der Waals surface area contributed by atoms with Gasteiger partial charge in [0.05, 0.1) is 31.3 Å². The standard InChI is InChI=1S/C61H91N7O18Si/c1-16-35(4)47-54(75)67-50(41-22-24-42(25-23-41)85-39(8)61(33-83-61)27-26-45(70)81-28-29-87(13,14)15)57(78)68(12)44(30-40-20-18-17-19-21-40)53(74)65-48(37(6)69)55(76)63-43(32-82-46(71)31-62-59(80)86-60(9,10)11)58(79)84-38(7)49(56(77)64-47)66-52(73)36(5)51(72)34(2)3/h17-27,34-39,43-44,47-51,69,72H,16,28-33H2,1-15H3,(H,62,80)(H,63,76)(H,64,77)(H,65,74)(H,66,73)(H,67,75)/b27-26+/t35-,36+,37+,38?,39+,43?,44-,47+,48+,49?,50?,51+,61-/m0/s1. The molecule has 2 aromatic carbocycles. The predicted molar refractivity (Wildman–Crippen MR) is 321 cm³/mol. The van der Waals surface area contributed by atoms with Crippen molar-refractivity contribution >= 4 is 67.5 Å². The molecule has 2 aliphatic rings. The summed E-state index contributed by atoms with van der Waals surface area (Å²) >= 11 is 0. The van der Waals surface area contributed by atoms with Gasteiger partial charge in [-0.25, -0.2) is 14.4 Å². The van der Waals surface area contributed by atoms with Crippen LogP contribution in [0.3, 0.4) is 0 Å². The van der Waals surface area contributed by atoms with Crippen molar-refractivity contribution in [1.29, 1.82) is 0 Å². The van der Waals surface area contributed by atoms with Gasteiger partial charge in [0.2, 0.25) is 35.4 Å². The molecule has 2 aliphatic heterocycles. The molecule has 7 amide bonds. The van der Waals surface area contributed by atoms with E-state index in [2.05, 4.69) is 51.5 Å². The Morgan fingerprint density at radius 2 is 1.45 bits per heavy atom. The van der Waals surface area contributed by atoms with Gasteiger partial charge in [0, 0.05) is 27.6 Å². The van der Waals surface area contributed by atoms with Crippen molar-refractivity contribution in [2.75, 3.05) is 33.4 Å². The predicted octanol–water partition coefficient (Wildman–Crippen LogP) is 2.92. The van der Waals surface area contributed by atoms with E-state index in [-0.39, 0.29) is 25.0 Å². The van der Waals surface area contributed by atoms with Crippen LogP contribution in [-0.4, -0.2) is 182 Å². The number of nitrogens with zero attached hydrogens (tertiary/aromatic N) is 1. The highest BCUT2D eigenvalue weighted by Crippen LogP contribution is 2.36. The van der Waals surface area contributed by atoms with E-state index in [0.717, 1.165) is 17.9 Å². The zero-order valence-electron chi connectivity index (χ0n) is 52.7. The summed E-state index contributed by atoms with van der Waals surface area (Å²) in [5.41, 5.74) is -1.16. The second-order valence-corrected chi connectivity index (χ2v) is 30.5. The molecule has 4 rings (SSSR count). The van der Waals surface area contributed by atoms with E-state index in [9.17, 15) is 48.6 Å². The molecule has 8 N–H and O–H groups in total. The fourth-order valence-corrected chi connectivity index (χ4v) is 9.60. The van der Waals surface area contributed by atoms with Crippen LogP contribution in [0.2, 0.25) is 25.7 Å². The summed E-state index contributed by atoms with van der Waals surface area (Å²) in [6, 6.07) is 5.12. The number of carbonyl (C=O) groups excluding carboxylic acids is 10. The maximum atomic E-state index is 15.4. The second kappa shape index (κ2) is 32.0. The number of epoxide rings is 1. The first-order valence-corrected chi connectivity index (χ1v) is 33.1. The molecule has 0 radical (unpaired) electrons. The van der Waals surface area contributed by atoms with Crippen LogP contribution < -0.4 is 36.6 Å². The SMILES string of the molecule is CC[C@H](C)[C@H]1NC(=O)C(NC(=O)[C@H](C)[C@H](O)C(C)C)C(C)OC(=O)C(COC(=O)CNC(=O)OC(C)(C)C)NC(=O)[C@@H]([C@@H](C)O)NC(=O)[C@H](Cc2ccccc2)N(C)C(=O)C(c2ccc(O[C@H](C)[C@]3(/C=C/C(=O)OCC[Si](C)(C)C)CO3)cc2)NC1=O. The normalized spacial score (nSPS) is 24.6. The molecule has 0 bridgehead atoms. The monoisotopic (exact) mass is 1240 g/mol. The number of aliphatic hydroxyl groups is 2. The van der Waals surface area contributed by atoms with Gasteiger partial charge in [-0.1, -0.05) is 103 Å². The zero-order chi connectivity index (χ0) is 65.3. The van der Waals surface area contributed by atoms with Gasteiger partial charge >= 0.3 is 24.0 Å². The van der Waals surface area contributed by atoms with Crippen molar-refractivity contribution in [1.82, 2.24) is 36.8 Å². The third-order valence-electron chi connectivity index (χ3n) is 14.8. The van der Waals surface area contributed by atoms with Gasteiger partial charge in [0.1, 0.15) is 72.5 Å². The molecule has 0 saturated carbocycles. The Morgan fingerprint density at radius 1 is 0.839 bits per heavy atom. The van der Waals surface area contributed by atoms with Gasteiger partial charge in [-0.3, -0.25) is 33.6 Å². The molecule has 2 aromatic rings. The molecular weight excluding hydrogens is 1150 g/mol. The summed E-state index contributed by atoms with van der Waals surface area (Å²) in [6.45, 7) is 22.4. The molecule has 13 atom stereocenters. The Labute approximate surface area is 510 Å². The fourth-order valence-electron chi connectivity index (χ4n) is 8.89. The maximum Gasteiger partial charge on any atom is 0.408 e. The number of aliphatic hydroxyl groups excluding tert-OH is 2. The lowest BCUT2D eigenvalue weighted by molar-refractivity contribution is -0.160. The maximum absolute atomic E-state index is 15.4. The van der Waals surface area contributed by atoms with Crippen molar-refractivity contribution in [2.24, 2.45) is 17.8 Å². The number of esters is 3. The minimum atomic E-state index is -1.98. The molecule has 0 aromatic heterocycles. The number of amides is 7. The van der Waals surface area contributed by atoms with E-state index in [1.807, 2.05) is 0 Å². The average Bonchev–Trinajstić information content (AvgIpc) is 1.89. The van der Waals surface area contributed by atoms with Crippen molar-refractivity contribution < 1.29 is 86.6 Å². The van der Waals surface area contributed by atoms with E-state index in [0.29, 0.717) is 17.9 Å². The Balaban J connectivity index is 1.85. The number of benzene rings is 2. The van der Waals surface area contributed by atoms with E-state index < -0.39 is 170 Å². The van der Waals surface area contributed by atoms with Crippen LogP contribution in [0.25, 0.3) is 0 Å². The number of rotatable bonds is 22. The summed E-state index contributed by atoms with van der Waals surface area (Å²) < 4.78 is 33.7. The quantitative estimate of drug-likeness (QED) is 0.0276. The number of hydrogen-bond donors (Lipinski definition) is 8. The lowest BCUT2D eigenvalue weighted by Crippen LogP contribution is -2.61. The molecule has 2 heterocycles. The summed E-state index contributed by atoms with van der Waals surface area (Å²) in [6.07, 6.45) is -3.24. The van der Waals surface area contributed by atoms with Crippen LogP contribution in [0, 0.1) is 17.8 Å². The molecular formula is C61H91N7O18Si. The number of hydrogen-bond acceptors (Lipinski definition) is 18. The minimum absolute atomic E-state index is 0.175. The molecule has 2 saturated heterocycles. The molecule has 87 heavy (non-hydrogen) atoms. The molecule has 26 heteroatoms. The van der Waals surface area contributed by atoms with Crippen molar-refractivity contribution in [3.05, 3.63) is 77.9 Å². The number of carbonyl (C=O) groups is 10. The van der Waals surface area contributed by atoms with Crippen LogP contribution in [0.1, 0.15) is 99.8 Å². The Bertz CT molecular complexity index is 2750. The van der Waals surface area contributed by atoms with Crippen molar-refractivity contribution in [3.63, 3.8) is 0 Å². The molecule has 4 unspecified atom stereocenters. The van der Waals surface area contributed by atoms with Crippen molar-refractivity contribution in [3.8, 4) is 5.75 Å². The number of alkyl carbamates (subject to hydrolysis) is 1. The first-order valence-electron chi connectivity index (χ1n) is 29.3. The lowest BCUT2D eigenvalue weighted by atomic mass is 9.93. The Morgan fingerprint density at radius 3 is 2.01 bits per heavy atom. The number of ether oxygens (including phenoxy) is 6. The van der Waals surface area contributed by atoms with Gasteiger partial charge in [-0.05, 0) is 88.8 Å². The van der Waals surface area contributed by atoms with Gasteiger partial charge in [0.25, 0.3) is 0 Å². The summed E-state index contributed by atoms with van der Waals surface area (Å²) in [4.78, 5) is 142. The van der Waals surface area contributed by atoms with Crippen molar-refractivity contribution in [2.45, 2.75) is 187 Å². The van der Waals surface area contributed by atoms with Gasteiger partial charge in [0.15, 0.2) is 6.04 Å². The van der Waals surface area contributed by atoms with Gasteiger partial charge in [-0.2, -0.15) is 0 Å². The minimum Gasteiger partial charge on any atom is -0.487 e. The molecule has 2 fully saturated rings. The smallest absolute Gasteiger partial charge is 0.408 e. The van der Waals surface area contributed by atoms with E-state index in [4.69, 9.17) is 28.4 Å². The second-order valence-electron chi connectivity index (χ2n) is 24.8. The van der Waals surface area contributed by atoms with Gasteiger partial charge < -0.3 is 75.4 Å². The van der Waals surface area contributed by atoms with Gasteiger partial charge in [-0.15, -0.1) is 0 Å². The summed E-state index contributed by atoms with van der Waals surface area (Å²) in [5, 5.41) is 37.2. The number of likely N-dealkylation sites (N-methyl/N-ethyl adjacent to an activating group) is 1. The highest BCUT2D eigenvalue weighted by molar-refractivity contribution is 6.76. The highest BCUT2D eigenvalue weighted by atomic mass is 28.3. The first kappa shape index (κ1) is 72.1. The van der Waals surface area contributed by atoms with E-state index >= 15 is 9.59 Å². The molecule has 25 nitrogen and oxygen atoms in total. The van der Waals surface area contributed by atoms with Crippen LogP contribution in [0.4, 0.5) is 4.79 Å². The van der Waals surface area contributed by atoms with E-state index in [1.165, 1.54) is 39.1 Å². The Hall–Kier alpha value is -7.42. The number of nitrogens with one attached hydrogen (secondary N) is 6. The third-order valence-corrected chi connectivity index (χ3v) is 16.5. The Kier molecular flexibility index (Phi) is 26.5.